The van der Waals surface area contributed by atoms with Gasteiger partial charge in [0, 0.05) is 86.2 Å². The summed E-state index contributed by atoms with van der Waals surface area (Å²) in [7, 11) is -4.30. The van der Waals surface area contributed by atoms with Gasteiger partial charge in [0.15, 0.2) is 5.82 Å². The van der Waals surface area contributed by atoms with Gasteiger partial charge in [0.25, 0.3) is 15.7 Å². The van der Waals surface area contributed by atoms with Crippen molar-refractivity contribution in [2.24, 2.45) is 0 Å². The van der Waals surface area contributed by atoms with E-state index in [4.69, 9.17) is 4.74 Å². The topological polar surface area (TPSA) is 146 Å². The molecule has 1 atom stereocenters. The largest absolute Gasteiger partial charge is 0.379 e. The number of aromatic nitrogens is 2. The van der Waals surface area contributed by atoms with Crippen LogP contribution >= 0.6 is 11.8 Å². The van der Waals surface area contributed by atoms with Gasteiger partial charge in [-0.1, -0.05) is 54.6 Å². The molecule has 2 aliphatic rings. The minimum Gasteiger partial charge on any atom is -0.379 e. The number of nitro groups is 1. The Hall–Kier alpha value is -5.65. The zero-order chi connectivity index (χ0) is 42.2. The van der Waals surface area contributed by atoms with E-state index < -0.39 is 14.9 Å². The molecule has 8 rings (SSSR count). The first-order chi connectivity index (χ1) is 29.7. The van der Waals surface area contributed by atoms with Gasteiger partial charge in [0.1, 0.15) is 17.8 Å². The molecule has 0 bridgehead atoms. The molecule has 0 aliphatic carbocycles. The van der Waals surface area contributed by atoms with Gasteiger partial charge in [-0.05, 0) is 77.7 Å². The van der Waals surface area contributed by atoms with E-state index in [1.54, 1.807) is 23.9 Å². The van der Waals surface area contributed by atoms with E-state index in [1.807, 2.05) is 78.9 Å². The van der Waals surface area contributed by atoms with Gasteiger partial charge in [-0.15, -0.1) is 11.8 Å². The van der Waals surface area contributed by atoms with Crippen LogP contribution in [-0.4, -0.2) is 104 Å². The SMILES string of the molecule is O=[N+]([O-])c1cc(S(=O)(=O)Nc2ncnc3cc(N4CCN(Cc5cc(F)ccc5-c5ccccc5)CC4)ccc23)ccc1N[C@H](CCN1CCOCC1)CSc1ccccc1. The summed E-state index contributed by atoms with van der Waals surface area (Å²) in [6.07, 6.45) is 2.02. The lowest BCUT2D eigenvalue weighted by Crippen LogP contribution is -2.46. The van der Waals surface area contributed by atoms with Crippen LogP contribution in [0.1, 0.15) is 12.0 Å². The third-order valence-electron chi connectivity index (χ3n) is 11.1. The third kappa shape index (κ3) is 10.6. The number of rotatable bonds is 16. The monoisotopic (exact) mass is 862 g/mol. The van der Waals surface area contributed by atoms with Crippen molar-refractivity contribution in [3.8, 4) is 11.1 Å². The molecule has 0 unspecified atom stereocenters. The molecule has 5 aromatic carbocycles. The van der Waals surface area contributed by atoms with Crippen LogP contribution in [0, 0.1) is 15.9 Å². The van der Waals surface area contributed by atoms with E-state index in [2.05, 4.69) is 34.7 Å². The van der Waals surface area contributed by atoms with Gasteiger partial charge in [0.2, 0.25) is 0 Å². The first-order valence-electron chi connectivity index (χ1n) is 20.3. The van der Waals surface area contributed by atoms with Gasteiger partial charge in [0.05, 0.1) is 28.5 Å². The molecule has 13 nitrogen and oxygen atoms in total. The number of thioether (sulfide) groups is 1. The molecule has 0 spiro atoms. The molecule has 2 N–H and O–H groups in total. The maximum atomic E-state index is 14.4. The van der Waals surface area contributed by atoms with Gasteiger partial charge < -0.3 is 15.0 Å². The summed E-state index contributed by atoms with van der Waals surface area (Å²) in [5.41, 5.74) is 4.39. The molecule has 0 amide bonds. The summed E-state index contributed by atoms with van der Waals surface area (Å²) < 4.78 is 50.1. The smallest absolute Gasteiger partial charge is 0.293 e. The van der Waals surface area contributed by atoms with E-state index >= 15 is 0 Å². The molecular weight excluding hydrogens is 816 g/mol. The van der Waals surface area contributed by atoms with Crippen molar-refractivity contribution >= 4 is 55.6 Å². The maximum Gasteiger partial charge on any atom is 0.293 e. The van der Waals surface area contributed by atoms with Gasteiger partial charge in [-0.25, -0.2) is 22.8 Å². The number of anilines is 3. The minimum atomic E-state index is -4.30. The number of nitrogens with one attached hydrogen (secondary N) is 2. The number of sulfonamides is 1. The van der Waals surface area contributed by atoms with Crippen LogP contribution in [0.5, 0.6) is 0 Å². The molecule has 2 aliphatic heterocycles. The Morgan fingerprint density at radius 3 is 2.34 bits per heavy atom. The number of ether oxygens (including phenoxy) is 1. The number of hydrogen-bond donors (Lipinski definition) is 2. The fraction of sp³-hybridized carbons (Fsp3) is 0.289. The average molecular weight is 863 g/mol. The van der Waals surface area contributed by atoms with E-state index in [0.717, 1.165) is 85.6 Å². The molecule has 316 valence electrons. The van der Waals surface area contributed by atoms with Crippen molar-refractivity contribution in [2.75, 3.05) is 79.7 Å². The summed E-state index contributed by atoms with van der Waals surface area (Å²) >= 11 is 1.66. The quantitative estimate of drug-likeness (QED) is 0.0557. The standard InChI is InChI=1S/C45H47FN8O5S2/c46-35-11-14-40(33-7-3-1-4-8-33)34(27-35)30-52-19-21-53(22-20-52)37-12-15-41-43(28-37)47-32-48-45(41)50-61(57,58)39-13-16-42(44(29-39)54(55)56)49-36(17-18-51-23-25-59-26-24-51)31-60-38-9-5-2-6-10-38/h1-16,27-29,32,36,49H,17-26,30-31H2,(H,47,48,50)/t36-/m1/s1. The Labute approximate surface area is 359 Å². The van der Waals surface area contributed by atoms with Crippen LogP contribution in [-0.2, 0) is 21.3 Å². The number of morpholine rings is 1. The normalized spacial score (nSPS) is 15.7. The average Bonchev–Trinajstić information content (AvgIpc) is 3.28. The second kappa shape index (κ2) is 19.4. The van der Waals surface area contributed by atoms with Crippen molar-refractivity contribution in [1.29, 1.82) is 0 Å². The number of hydrogen-bond acceptors (Lipinski definition) is 12. The molecular formula is C45H47FN8O5S2. The van der Waals surface area contributed by atoms with Crippen molar-refractivity contribution in [3.63, 3.8) is 0 Å². The predicted octanol–water partition coefficient (Wildman–Crippen LogP) is 7.76. The molecule has 6 aromatic rings. The van der Waals surface area contributed by atoms with Crippen LogP contribution in [0.15, 0.2) is 131 Å². The number of nitrogens with zero attached hydrogens (tertiary/aromatic N) is 6. The van der Waals surface area contributed by atoms with E-state index in [-0.39, 0.29) is 33.9 Å². The minimum absolute atomic E-state index is 0.0663. The summed E-state index contributed by atoms with van der Waals surface area (Å²) in [6, 6.07) is 34.3. The molecule has 3 heterocycles. The van der Waals surface area contributed by atoms with Crippen LogP contribution < -0.4 is 14.9 Å². The van der Waals surface area contributed by atoms with E-state index in [9.17, 15) is 22.9 Å². The Kier molecular flexibility index (Phi) is 13.4. The maximum absolute atomic E-state index is 14.4. The predicted molar refractivity (Wildman–Crippen MR) is 239 cm³/mol. The Morgan fingerprint density at radius 2 is 1.59 bits per heavy atom. The van der Waals surface area contributed by atoms with Crippen LogP contribution in [0.4, 0.5) is 27.3 Å². The zero-order valence-corrected chi connectivity index (χ0v) is 35.2. The van der Waals surface area contributed by atoms with Crippen molar-refractivity contribution in [3.05, 3.63) is 143 Å². The zero-order valence-electron chi connectivity index (χ0n) is 33.5. The molecule has 2 fully saturated rings. The summed E-state index contributed by atoms with van der Waals surface area (Å²) in [6.45, 7) is 7.41. The van der Waals surface area contributed by atoms with Crippen molar-refractivity contribution in [1.82, 2.24) is 19.8 Å². The lowest BCUT2D eigenvalue weighted by molar-refractivity contribution is -0.384. The highest BCUT2D eigenvalue weighted by molar-refractivity contribution is 7.99. The lowest BCUT2D eigenvalue weighted by Gasteiger charge is -2.36. The summed E-state index contributed by atoms with van der Waals surface area (Å²) in [5.74, 6) is 0.462. The molecule has 61 heavy (non-hydrogen) atoms. The third-order valence-corrected chi connectivity index (χ3v) is 13.6. The number of fused-ring (bicyclic) bond motifs is 1. The first-order valence-corrected chi connectivity index (χ1v) is 22.8. The highest BCUT2D eigenvalue weighted by atomic mass is 32.2. The van der Waals surface area contributed by atoms with Gasteiger partial charge in [-0.2, -0.15) is 0 Å². The van der Waals surface area contributed by atoms with Crippen LogP contribution in [0.2, 0.25) is 0 Å². The number of halogens is 1. The van der Waals surface area contributed by atoms with Gasteiger partial charge >= 0.3 is 0 Å². The molecule has 2 saturated heterocycles. The fourth-order valence-corrected chi connectivity index (χ4v) is 9.79. The molecule has 0 radical (unpaired) electrons. The lowest BCUT2D eigenvalue weighted by atomic mass is 9.99. The molecule has 0 saturated carbocycles. The van der Waals surface area contributed by atoms with Crippen LogP contribution in [0.3, 0.4) is 0 Å². The summed E-state index contributed by atoms with van der Waals surface area (Å²) in [4.78, 5) is 28.3. The second-order valence-electron chi connectivity index (χ2n) is 15.1. The Bertz CT molecular complexity index is 2560. The number of benzene rings is 5. The highest BCUT2D eigenvalue weighted by Gasteiger charge is 2.26. The molecule has 1 aromatic heterocycles. The second-order valence-corrected chi connectivity index (χ2v) is 17.9. The first kappa shape index (κ1) is 42.1. The number of nitro benzene ring substituents is 1. The van der Waals surface area contributed by atoms with Crippen molar-refractivity contribution < 1.29 is 22.5 Å². The summed E-state index contributed by atoms with van der Waals surface area (Å²) in [5, 5.41) is 16.3. The van der Waals surface area contributed by atoms with E-state index in [1.165, 1.54) is 24.5 Å². The van der Waals surface area contributed by atoms with E-state index in [0.29, 0.717) is 36.4 Å². The highest BCUT2D eigenvalue weighted by Crippen LogP contribution is 2.33. The van der Waals surface area contributed by atoms with Crippen LogP contribution in [0.25, 0.3) is 22.0 Å². The fourth-order valence-electron chi connectivity index (χ4n) is 7.75. The van der Waals surface area contributed by atoms with Crippen molar-refractivity contribution in [2.45, 2.75) is 28.8 Å². The molecule has 16 heteroatoms. The van der Waals surface area contributed by atoms with Gasteiger partial charge in [-0.3, -0.25) is 24.6 Å². The Balaban J connectivity index is 0.939. The number of piperazine rings is 1. The Morgan fingerprint density at radius 1 is 0.836 bits per heavy atom.